The summed E-state index contributed by atoms with van der Waals surface area (Å²) in [5, 5.41) is 23.4. The van der Waals surface area contributed by atoms with E-state index >= 15 is 0 Å². The van der Waals surface area contributed by atoms with Crippen LogP contribution < -0.4 is 5.32 Å². The molecule has 0 radical (unpaired) electrons. The van der Waals surface area contributed by atoms with Gasteiger partial charge in [-0.25, -0.2) is 0 Å². The molecule has 2 atom stereocenters. The Morgan fingerprint density at radius 1 is 0.346 bits per heavy atom. The molecule has 3 N–H and O–H groups in total. The number of carbonyl (C=O) groups is 2. The van der Waals surface area contributed by atoms with Gasteiger partial charge in [-0.3, -0.25) is 9.59 Å². The van der Waals surface area contributed by atoms with Crippen LogP contribution in [0.5, 0.6) is 0 Å². The highest BCUT2D eigenvalue weighted by Gasteiger charge is 2.20. The minimum atomic E-state index is -0.665. The fourth-order valence-electron chi connectivity index (χ4n) is 11.6. The second-order valence-electron chi connectivity index (χ2n) is 24.9. The van der Waals surface area contributed by atoms with E-state index in [1.54, 1.807) is 0 Å². The third-order valence-corrected chi connectivity index (χ3v) is 17.1. The molecule has 0 bridgehead atoms. The van der Waals surface area contributed by atoms with Gasteiger partial charge in [0, 0.05) is 12.8 Å². The Labute approximate surface area is 489 Å². The fourth-order valence-corrected chi connectivity index (χ4v) is 11.6. The molecule has 0 aromatic heterocycles. The molecule has 0 heterocycles. The van der Waals surface area contributed by atoms with Crippen LogP contribution in [0.1, 0.15) is 412 Å². The van der Waals surface area contributed by atoms with E-state index in [0.717, 1.165) is 38.5 Å². The van der Waals surface area contributed by atoms with Crippen molar-refractivity contribution in [2.75, 3.05) is 13.2 Å². The average molecular weight is 1100 g/mol. The van der Waals surface area contributed by atoms with E-state index in [1.807, 2.05) is 0 Å². The number of ether oxygens (including phenoxy) is 1. The van der Waals surface area contributed by atoms with Crippen molar-refractivity contribution < 1.29 is 24.5 Å². The van der Waals surface area contributed by atoms with Crippen LogP contribution in [0.3, 0.4) is 0 Å². The molecule has 78 heavy (non-hydrogen) atoms. The number of carbonyl (C=O) groups excluding carboxylic acids is 2. The summed E-state index contributed by atoms with van der Waals surface area (Å²) < 4.78 is 5.47. The number of aliphatic hydroxyl groups is 2. The van der Waals surface area contributed by atoms with Gasteiger partial charge >= 0.3 is 5.97 Å². The number of aliphatic hydroxyl groups excluding tert-OH is 2. The zero-order valence-corrected chi connectivity index (χ0v) is 53.2. The van der Waals surface area contributed by atoms with Crippen LogP contribution >= 0.6 is 0 Å². The summed E-state index contributed by atoms with van der Waals surface area (Å²) in [5.41, 5.74) is 0. The fraction of sp³-hybridized carbons (Fsp3) is 0.944. The van der Waals surface area contributed by atoms with Crippen molar-refractivity contribution in [2.24, 2.45) is 0 Å². The van der Waals surface area contributed by atoms with E-state index in [-0.39, 0.29) is 18.5 Å². The van der Waals surface area contributed by atoms with Gasteiger partial charge in [-0.2, -0.15) is 0 Å². The first kappa shape index (κ1) is 76.6. The van der Waals surface area contributed by atoms with Gasteiger partial charge in [-0.1, -0.05) is 360 Å². The monoisotopic (exact) mass is 1100 g/mol. The van der Waals surface area contributed by atoms with E-state index in [4.69, 9.17) is 4.74 Å². The zero-order valence-electron chi connectivity index (χ0n) is 53.2. The van der Waals surface area contributed by atoms with Crippen LogP contribution in [0.15, 0.2) is 12.2 Å². The van der Waals surface area contributed by atoms with E-state index in [9.17, 15) is 19.8 Å². The first-order valence-corrected chi connectivity index (χ1v) is 35.9. The molecular weight excluding hydrogens is 959 g/mol. The molecule has 0 spiro atoms. The maximum absolute atomic E-state index is 12.6. The van der Waals surface area contributed by atoms with Crippen molar-refractivity contribution >= 4 is 11.9 Å². The third kappa shape index (κ3) is 63.8. The molecule has 0 aromatic rings. The second-order valence-corrected chi connectivity index (χ2v) is 24.9. The van der Waals surface area contributed by atoms with Crippen LogP contribution in [-0.2, 0) is 14.3 Å². The molecule has 0 saturated carbocycles. The van der Waals surface area contributed by atoms with Gasteiger partial charge in [0.05, 0.1) is 25.4 Å². The molecule has 0 aliphatic heterocycles. The van der Waals surface area contributed by atoms with Crippen molar-refractivity contribution in [3.8, 4) is 0 Å². The lowest BCUT2D eigenvalue weighted by molar-refractivity contribution is -0.143. The van der Waals surface area contributed by atoms with E-state index < -0.39 is 12.1 Å². The highest BCUT2D eigenvalue weighted by molar-refractivity contribution is 5.76. The lowest BCUT2D eigenvalue weighted by Crippen LogP contribution is -2.45. The summed E-state index contributed by atoms with van der Waals surface area (Å²) in [7, 11) is 0. The Morgan fingerprint density at radius 3 is 0.910 bits per heavy atom. The molecule has 2 unspecified atom stereocenters. The molecule has 0 aliphatic rings. The molecule has 0 fully saturated rings. The first-order valence-electron chi connectivity index (χ1n) is 35.9. The average Bonchev–Trinajstić information content (AvgIpc) is 3.44. The summed E-state index contributed by atoms with van der Waals surface area (Å²) in [6.07, 6.45) is 84.1. The summed E-state index contributed by atoms with van der Waals surface area (Å²) in [6, 6.07) is -0.542. The van der Waals surface area contributed by atoms with Gasteiger partial charge in [-0.05, 0) is 51.4 Å². The lowest BCUT2D eigenvalue weighted by Gasteiger charge is -2.22. The highest BCUT2D eigenvalue weighted by atomic mass is 16.5. The van der Waals surface area contributed by atoms with Gasteiger partial charge < -0.3 is 20.3 Å². The van der Waals surface area contributed by atoms with Gasteiger partial charge in [0.1, 0.15) is 0 Å². The van der Waals surface area contributed by atoms with Crippen molar-refractivity contribution in [3.05, 3.63) is 12.2 Å². The number of hydrogen-bond donors (Lipinski definition) is 3. The number of allylic oxidation sites excluding steroid dienone is 2. The zero-order chi connectivity index (χ0) is 56.4. The highest BCUT2D eigenvalue weighted by Crippen LogP contribution is 2.19. The normalized spacial score (nSPS) is 12.5. The first-order chi connectivity index (χ1) is 38.5. The molecule has 464 valence electrons. The van der Waals surface area contributed by atoms with Crippen molar-refractivity contribution in [1.82, 2.24) is 5.32 Å². The number of esters is 1. The van der Waals surface area contributed by atoms with E-state index in [2.05, 4.69) is 31.3 Å². The van der Waals surface area contributed by atoms with Crippen molar-refractivity contribution in [1.29, 1.82) is 0 Å². The Hall–Kier alpha value is -1.40. The predicted octanol–water partition coefficient (Wildman–Crippen LogP) is 23.1. The topological polar surface area (TPSA) is 95.9 Å². The number of unbranched alkanes of at least 4 members (excludes halogenated alkanes) is 55. The maximum Gasteiger partial charge on any atom is 0.305 e. The Bertz CT molecular complexity index is 1180. The molecule has 0 saturated heterocycles. The van der Waals surface area contributed by atoms with Gasteiger partial charge in [0.2, 0.25) is 5.91 Å². The third-order valence-electron chi connectivity index (χ3n) is 17.1. The maximum atomic E-state index is 12.6. The molecule has 6 heteroatoms. The van der Waals surface area contributed by atoms with Crippen LogP contribution in [0.2, 0.25) is 0 Å². The Balaban J connectivity index is 3.38. The SMILES string of the molecule is CCCCCCCCCCCCCCCCCCCCCCCCC(O)C(CO)NC(=O)CCCCCCCCCCCCCC/C=C\CCCCCCCCCCCCCCOC(=O)CCCCCCCCCCCCC. The number of rotatable bonds is 68. The second kappa shape index (κ2) is 68.1. The van der Waals surface area contributed by atoms with Crippen LogP contribution in [0, 0.1) is 0 Å². The molecule has 0 aromatic carbocycles. The van der Waals surface area contributed by atoms with Crippen molar-refractivity contribution in [2.45, 2.75) is 424 Å². The number of amides is 1. The number of nitrogens with one attached hydrogen (secondary N) is 1. The molecule has 0 rings (SSSR count). The van der Waals surface area contributed by atoms with Crippen LogP contribution in [0.25, 0.3) is 0 Å². The molecule has 1 amide bonds. The minimum Gasteiger partial charge on any atom is -0.466 e. The summed E-state index contributed by atoms with van der Waals surface area (Å²) in [4.78, 5) is 24.6. The van der Waals surface area contributed by atoms with E-state index in [1.165, 1.54) is 340 Å². The minimum absolute atomic E-state index is 0.0165. The van der Waals surface area contributed by atoms with Crippen molar-refractivity contribution in [3.63, 3.8) is 0 Å². The summed E-state index contributed by atoms with van der Waals surface area (Å²) in [6.45, 7) is 4.99. The predicted molar refractivity (Wildman–Crippen MR) is 343 cm³/mol. The quantitative estimate of drug-likeness (QED) is 0.0320. The standard InChI is InChI=1S/C72H141NO5/c1-3-5-7-9-11-13-15-16-17-18-19-20-29-32-35-38-41-45-48-52-56-60-64-70(75)69(68-74)73-71(76)65-61-57-53-49-46-42-39-36-33-30-27-25-23-21-22-24-26-28-31-34-37-40-43-47-51-55-59-63-67-78-72(77)66-62-58-54-50-44-14-12-10-8-6-4-2/h21-22,69-70,74-75H,3-20,23-68H2,1-2H3,(H,73,76)/b22-21-. The smallest absolute Gasteiger partial charge is 0.305 e. The summed E-state index contributed by atoms with van der Waals surface area (Å²) >= 11 is 0. The van der Waals surface area contributed by atoms with Gasteiger partial charge in [0.15, 0.2) is 0 Å². The Kier molecular flexibility index (Phi) is 66.9. The lowest BCUT2D eigenvalue weighted by atomic mass is 10.0. The van der Waals surface area contributed by atoms with Crippen LogP contribution in [0.4, 0.5) is 0 Å². The molecule has 6 nitrogen and oxygen atoms in total. The van der Waals surface area contributed by atoms with E-state index in [0.29, 0.717) is 25.9 Å². The van der Waals surface area contributed by atoms with Gasteiger partial charge in [0.25, 0.3) is 0 Å². The summed E-state index contributed by atoms with van der Waals surface area (Å²) in [5.74, 6) is -0.0132. The van der Waals surface area contributed by atoms with Gasteiger partial charge in [-0.15, -0.1) is 0 Å². The van der Waals surface area contributed by atoms with Crippen LogP contribution in [-0.4, -0.2) is 47.4 Å². The number of hydrogen-bond acceptors (Lipinski definition) is 5. The Morgan fingerprint density at radius 2 is 0.603 bits per heavy atom. The molecule has 0 aliphatic carbocycles. The molecular formula is C72H141NO5. The largest absolute Gasteiger partial charge is 0.466 e.